The van der Waals surface area contributed by atoms with Gasteiger partial charge in [0.2, 0.25) is 0 Å². The zero-order chi connectivity index (χ0) is 19.8. The summed E-state index contributed by atoms with van der Waals surface area (Å²) >= 11 is 9.09. The molecule has 0 spiro atoms. The lowest BCUT2D eigenvalue weighted by Crippen LogP contribution is -2.15. The second kappa shape index (κ2) is 7.48. The summed E-state index contributed by atoms with van der Waals surface area (Å²) in [6.45, 7) is 6.76. The molecule has 0 radical (unpaired) electrons. The highest BCUT2D eigenvalue weighted by molar-refractivity contribution is 9.10. The third kappa shape index (κ3) is 3.35. The van der Waals surface area contributed by atoms with Crippen LogP contribution in [-0.4, -0.2) is 34.3 Å². The van der Waals surface area contributed by atoms with E-state index in [9.17, 15) is 0 Å². The topological polar surface area (TPSA) is 69.2 Å². The molecule has 1 atom stereocenters. The lowest BCUT2D eigenvalue weighted by atomic mass is 10.2. The Balaban J connectivity index is 1.69. The van der Waals surface area contributed by atoms with Gasteiger partial charge in [-0.15, -0.1) is 0 Å². The van der Waals surface area contributed by atoms with Crippen LogP contribution in [0.2, 0.25) is 0 Å². The lowest BCUT2D eigenvalue weighted by Gasteiger charge is -2.14. The van der Waals surface area contributed by atoms with Crippen LogP contribution in [0.1, 0.15) is 35.7 Å². The predicted molar refractivity (Wildman–Crippen MR) is 113 cm³/mol. The van der Waals surface area contributed by atoms with Gasteiger partial charge in [-0.05, 0) is 54.5 Å². The summed E-state index contributed by atoms with van der Waals surface area (Å²) in [5.41, 5.74) is 4.05. The number of hydrogen-bond acceptors (Lipinski definition) is 4. The Kier molecular flexibility index (Phi) is 5.03. The average Bonchev–Trinajstić information content (AvgIpc) is 3.37. The van der Waals surface area contributed by atoms with Crippen molar-refractivity contribution in [2.45, 2.75) is 33.4 Å². The molecule has 0 aliphatic heterocycles. The predicted octanol–water partition coefficient (Wildman–Crippen LogP) is 4.36. The van der Waals surface area contributed by atoms with E-state index >= 15 is 0 Å². The molecular weight excluding hydrogens is 438 g/mol. The monoisotopic (exact) mass is 457 g/mol. The molecule has 0 bridgehead atoms. The van der Waals surface area contributed by atoms with Gasteiger partial charge in [-0.3, -0.25) is 19.0 Å². The lowest BCUT2D eigenvalue weighted by molar-refractivity contribution is 0.512. The molecule has 0 saturated heterocycles. The van der Waals surface area contributed by atoms with Crippen molar-refractivity contribution < 1.29 is 0 Å². The van der Waals surface area contributed by atoms with E-state index < -0.39 is 0 Å². The van der Waals surface area contributed by atoms with E-state index in [1.165, 1.54) is 5.56 Å². The van der Waals surface area contributed by atoms with E-state index in [4.69, 9.17) is 12.2 Å². The summed E-state index contributed by atoms with van der Waals surface area (Å²) in [5, 5.41) is 16.5. The molecule has 28 heavy (non-hydrogen) atoms. The second-order valence-electron chi connectivity index (χ2n) is 6.71. The quantitative estimate of drug-likeness (QED) is 0.452. The largest absolute Gasteiger partial charge is 0.267 e. The van der Waals surface area contributed by atoms with Crippen LogP contribution < -0.4 is 0 Å². The number of nitrogens with zero attached hydrogens (tertiary/aromatic N) is 6. The smallest absolute Gasteiger partial charge is 0.200 e. The Morgan fingerprint density at radius 1 is 1.21 bits per heavy atom. The molecule has 4 aromatic rings. The zero-order valence-electron chi connectivity index (χ0n) is 15.8. The standard InChI is InChI=1S/C19H20BrN7S/c1-12-17(20)13(2)27(24-12)14(3)18-22-23-19(28)26(18)16-9-21-25(11-16)10-15-7-5-4-6-8-15/h4-9,11,14H,10H2,1-3H3,(H,23,28)/t14-/m0/s1. The fraction of sp³-hybridized carbons (Fsp3) is 0.263. The Morgan fingerprint density at radius 3 is 2.64 bits per heavy atom. The summed E-state index contributed by atoms with van der Waals surface area (Å²) in [6.07, 6.45) is 3.78. The first kappa shape index (κ1) is 18.8. The highest BCUT2D eigenvalue weighted by atomic mass is 79.9. The van der Waals surface area contributed by atoms with Crippen molar-refractivity contribution in [2.24, 2.45) is 0 Å². The first-order valence-electron chi connectivity index (χ1n) is 8.91. The Labute approximate surface area is 176 Å². The van der Waals surface area contributed by atoms with Crippen LogP contribution in [0.15, 0.2) is 47.2 Å². The molecule has 0 aliphatic carbocycles. The summed E-state index contributed by atoms with van der Waals surface area (Å²) in [6, 6.07) is 10.1. The minimum atomic E-state index is -0.101. The Bertz CT molecular complexity index is 1170. The summed E-state index contributed by atoms with van der Waals surface area (Å²) < 4.78 is 7.31. The Hall–Kier alpha value is -2.52. The maximum absolute atomic E-state index is 5.50. The van der Waals surface area contributed by atoms with Crippen molar-refractivity contribution in [1.29, 1.82) is 0 Å². The number of aromatic amines is 1. The molecule has 3 heterocycles. The van der Waals surface area contributed by atoms with Gasteiger partial charge in [-0.2, -0.15) is 15.3 Å². The van der Waals surface area contributed by atoms with E-state index in [1.54, 1.807) is 0 Å². The molecule has 0 amide bonds. The van der Waals surface area contributed by atoms with Crippen molar-refractivity contribution in [2.75, 3.05) is 0 Å². The third-order valence-corrected chi connectivity index (χ3v) is 6.16. The van der Waals surface area contributed by atoms with Gasteiger partial charge >= 0.3 is 0 Å². The molecule has 3 aromatic heterocycles. The van der Waals surface area contributed by atoms with Crippen LogP contribution in [0.4, 0.5) is 0 Å². The highest BCUT2D eigenvalue weighted by Crippen LogP contribution is 2.26. The highest BCUT2D eigenvalue weighted by Gasteiger charge is 2.22. The van der Waals surface area contributed by atoms with Crippen LogP contribution >= 0.6 is 28.1 Å². The maximum Gasteiger partial charge on any atom is 0.200 e. The van der Waals surface area contributed by atoms with Gasteiger partial charge in [0.05, 0.1) is 34.3 Å². The number of halogens is 1. The molecule has 0 aliphatic rings. The number of aromatic nitrogens is 7. The van der Waals surface area contributed by atoms with Crippen molar-refractivity contribution in [3.63, 3.8) is 0 Å². The maximum atomic E-state index is 5.50. The number of nitrogens with one attached hydrogen (secondary N) is 1. The summed E-state index contributed by atoms with van der Waals surface area (Å²) in [7, 11) is 0. The third-order valence-electron chi connectivity index (χ3n) is 4.74. The van der Waals surface area contributed by atoms with Gasteiger partial charge in [-0.25, -0.2) is 0 Å². The molecule has 1 N–H and O–H groups in total. The van der Waals surface area contributed by atoms with Crippen molar-refractivity contribution in [3.8, 4) is 5.69 Å². The van der Waals surface area contributed by atoms with Crippen LogP contribution in [-0.2, 0) is 6.54 Å². The fourth-order valence-electron chi connectivity index (χ4n) is 3.29. The van der Waals surface area contributed by atoms with Crippen LogP contribution in [0.25, 0.3) is 5.69 Å². The molecule has 0 fully saturated rings. The van der Waals surface area contributed by atoms with Crippen LogP contribution in [0.3, 0.4) is 0 Å². The van der Waals surface area contributed by atoms with Crippen molar-refractivity contribution in [3.05, 3.63) is 74.7 Å². The molecule has 0 unspecified atom stereocenters. The van der Waals surface area contributed by atoms with Crippen molar-refractivity contribution >= 4 is 28.1 Å². The van der Waals surface area contributed by atoms with E-state index in [0.717, 1.165) is 27.4 Å². The normalized spacial score (nSPS) is 12.4. The first-order chi connectivity index (χ1) is 13.5. The van der Waals surface area contributed by atoms with Crippen LogP contribution in [0, 0.1) is 18.6 Å². The zero-order valence-corrected chi connectivity index (χ0v) is 18.2. The van der Waals surface area contributed by atoms with E-state index in [0.29, 0.717) is 11.3 Å². The molecule has 144 valence electrons. The summed E-state index contributed by atoms with van der Waals surface area (Å²) in [5.74, 6) is 0.780. The number of aryl methyl sites for hydroxylation is 1. The van der Waals surface area contributed by atoms with Gasteiger partial charge in [0, 0.05) is 6.20 Å². The molecule has 1 aromatic carbocycles. The van der Waals surface area contributed by atoms with Gasteiger partial charge < -0.3 is 0 Å². The van der Waals surface area contributed by atoms with Gasteiger partial charge in [0.25, 0.3) is 0 Å². The minimum Gasteiger partial charge on any atom is -0.267 e. The second-order valence-corrected chi connectivity index (χ2v) is 7.89. The molecule has 7 nitrogen and oxygen atoms in total. The number of rotatable bonds is 5. The Morgan fingerprint density at radius 2 is 1.96 bits per heavy atom. The molecule has 0 saturated carbocycles. The van der Waals surface area contributed by atoms with Gasteiger partial charge in [0.1, 0.15) is 6.04 Å². The SMILES string of the molecule is Cc1nn([C@@H](C)c2n[nH]c(=S)n2-c2cnn(Cc3ccccc3)c2)c(C)c1Br. The van der Waals surface area contributed by atoms with Gasteiger partial charge in [-0.1, -0.05) is 30.3 Å². The number of H-pyrrole nitrogens is 1. The summed E-state index contributed by atoms with van der Waals surface area (Å²) in [4.78, 5) is 0. The fourth-order valence-corrected chi connectivity index (χ4v) is 3.80. The molecular formula is C19H20BrN7S. The van der Waals surface area contributed by atoms with Crippen LogP contribution in [0.5, 0.6) is 0 Å². The minimum absolute atomic E-state index is 0.101. The van der Waals surface area contributed by atoms with Crippen molar-refractivity contribution in [1.82, 2.24) is 34.3 Å². The number of benzene rings is 1. The molecule has 9 heteroatoms. The number of hydrogen-bond donors (Lipinski definition) is 1. The van der Waals surface area contributed by atoms with E-state index in [-0.39, 0.29) is 6.04 Å². The van der Waals surface area contributed by atoms with Gasteiger partial charge in [0.15, 0.2) is 10.6 Å². The first-order valence-corrected chi connectivity index (χ1v) is 10.1. The molecule has 4 rings (SSSR count). The average molecular weight is 458 g/mol. The van der Waals surface area contributed by atoms with E-state index in [1.807, 2.05) is 58.4 Å². The van der Waals surface area contributed by atoms with E-state index in [2.05, 4.69) is 55.4 Å².